The van der Waals surface area contributed by atoms with Crippen molar-refractivity contribution in [1.82, 2.24) is 9.97 Å². The molecule has 0 atom stereocenters. The first-order valence-corrected chi connectivity index (χ1v) is 4.73. The van der Waals surface area contributed by atoms with Gasteiger partial charge in [0.2, 0.25) is 0 Å². The summed E-state index contributed by atoms with van der Waals surface area (Å²) in [5.41, 5.74) is 5.86. The number of rotatable bonds is 1. The van der Waals surface area contributed by atoms with Crippen LogP contribution < -0.4 is 5.73 Å². The second-order valence-corrected chi connectivity index (χ2v) is 3.44. The van der Waals surface area contributed by atoms with Crippen molar-refractivity contribution in [1.29, 1.82) is 0 Å². The summed E-state index contributed by atoms with van der Waals surface area (Å²) in [6.45, 7) is 0. The lowest BCUT2D eigenvalue weighted by atomic mass is 10.2. The van der Waals surface area contributed by atoms with Gasteiger partial charge < -0.3 is 10.8 Å². The van der Waals surface area contributed by atoms with Gasteiger partial charge in [-0.25, -0.2) is 14.4 Å². The number of hydrogen-bond donors (Lipinski definition) is 2. The van der Waals surface area contributed by atoms with E-state index in [1.165, 1.54) is 18.2 Å². The van der Waals surface area contributed by atoms with Crippen LogP contribution in [0.3, 0.4) is 0 Å². The van der Waals surface area contributed by atoms with Crippen LogP contribution in [-0.4, -0.2) is 15.1 Å². The van der Waals surface area contributed by atoms with Crippen molar-refractivity contribution in [3.63, 3.8) is 0 Å². The summed E-state index contributed by atoms with van der Waals surface area (Å²) in [6.07, 6.45) is 0. The Balaban J connectivity index is 2.57. The van der Waals surface area contributed by atoms with Gasteiger partial charge in [0, 0.05) is 5.56 Å². The summed E-state index contributed by atoms with van der Waals surface area (Å²) in [6, 6.07) is 5.69. The van der Waals surface area contributed by atoms with E-state index in [1.807, 2.05) is 0 Å². The monoisotopic (exact) mass is 239 g/mol. The van der Waals surface area contributed by atoms with Gasteiger partial charge in [-0.05, 0) is 12.1 Å². The van der Waals surface area contributed by atoms with Gasteiger partial charge in [0.15, 0.2) is 22.5 Å². The van der Waals surface area contributed by atoms with E-state index in [0.29, 0.717) is 5.56 Å². The summed E-state index contributed by atoms with van der Waals surface area (Å²) in [7, 11) is 0. The summed E-state index contributed by atoms with van der Waals surface area (Å²) in [5, 5.41) is 9.12. The number of anilines is 1. The maximum absolute atomic E-state index is 13.0. The van der Waals surface area contributed by atoms with Gasteiger partial charge >= 0.3 is 0 Å². The normalized spacial score (nSPS) is 10.4. The highest BCUT2D eigenvalue weighted by Gasteiger charge is 2.10. The molecule has 0 spiro atoms. The number of nitrogen functional groups attached to an aromatic ring is 1. The third-order valence-electron chi connectivity index (χ3n) is 1.95. The minimum atomic E-state index is -0.413. The highest BCUT2D eigenvalue weighted by atomic mass is 35.5. The molecule has 0 aliphatic carbocycles. The van der Waals surface area contributed by atoms with Gasteiger partial charge in [-0.15, -0.1) is 0 Å². The van der Waals surface area contributed by atoms with Crippen LogP contribution in [0.5, 0.6) is 5.75 Å². The Morgan fingerprint density at radius 3 is 2.69 bits per heavy atom. The second-order valence-electron chi connectivity index (χ2n) is 3.08. The summed E-state index contributed by atoms with van der Waals surface area (Å²) >= 11 is 5.63. The second kappa shape index (κ2) is 3.94. The molecule has 2 aromatic rings. The van der Waals surface area contributed by atoms with E-state index < -0.39 is 5.82 Å². The Hall–Kier alpha value is -1.88. The number of nitrogens with zero attached hydrogens (tertiary/aromatic N) is 2. The molecule has 0 amide bonds. The van der Waals surface area contributed by atoms with Gasteiger partial charge in [-0.1, -0.05) is 23.7 Å². The number of aromatic hydroxyl groups is 1. The average Bonchev–Trinajstić information content (AvgIpc) is 2.25. The zero-order chi connectivity index (χ0) is 11.7. The first kappa shape index (κ1) is 10.6. The van der Waals surface area contributed by atoms with Crippen LogP contribution in [0.2, 0.25) is 5.15 Å². The number of nitrogens with two attached hydrogens (primary N) is 1. The Labute approximate surface area is 95.5 Å². The molecular formula is C10H7ClFN3O. The van der Waals surface area contributed by atoms with Crippen molar-refractivity contribution in [2.75, 3.05) is 5.73 Å². The molecule has 0 saturated heterocycles. The zero-order valence-electron chi connectivity index (χ0n) is 7.98. The molecule has 3 N–H and O–H groups in total. The molecule has 0 aliphatic heterocycles. The highest BCUT2D eigenvalue weighted by molar-refractivity contribution is 6.31. The molecule has 0 fully saturated rings. The van der Waals surface area contributed by atoms with Crippen molar-refractivity contribution in [2.24, 2.45) is 0 Å². The lowest BCUT2D eigenvalue weighted by Crippen LogP contribution is -1.97. The fourth-order valence-electron chi connectivity index (χ4n) is 1.20. The SMILES string of the molecule is Nc1nc(-c2cccc(F)c2)nc(Cl)c1O. The standard InChI is InChI=1S/C10H7ClFN3O/c11-8-7(16)9(13)15-10(14-8)5-2-1-3-6(12)4-5/h1-4,16H,(H2,13,14,15). The molecule has 82 valence electrons. The van der Waals surface area contributed by atoms with E-state index in [9.17, 15) is 9.50 Å². The van der Waals surface area contributed by atoms with Gasteiger partial charge in [-0.2, -0.15) is 0 Å². The van der Waals surface area contributed by atoms with E-state index in [1.54, 1.807) is 6.07 Å². The van der Waals surface area contributed by atoms with E-state index >= 15 is 0 Å². The zero-order valence-corrected chi connectivity index (χ0v) is 8.74. The molecule has 16 heavy (non-hydrogen) atoms. The number of aromatic nitrogens is 2. The molecule has 4 nitrogen and oxygen atoms in total. The molecule has 0 saturated carbocycles. The fraction of sp³-hybridized carbons (Fsp3) is 0. The molecule has 1 heterocycles. The molecule has 1 aromatic heterocycles. The lowest BCUT2D eigenvalue weighted by molar-refractivity contribution is 0.473. The van der Waals surface area contributed by atoms with Gasteiger partial charge in [0.05, 0.1) is 0 Å². The quantitative estimate of drug-likeness (QED) is 0.749. The van der Waals surface area contributed by atoms with Gasteiger partial charge in [0.25, 0.3) is 0 Å². The van der Waals surface area contributed by atoms with E-state index in [4.69, 9.17) is 17.3 Å². The van der Waals surface area contributed by atoms with Crippen LogP contribution in [-0.2, 0) is 0 Å². The van der Waals surface area contributed by atoms with Crippen molar-refractivity contribution >= 4 is 17.4 Å². The molecule has 0 radical (unpaired) electrons. The van der Waals surface area contributed by atoms with E-state index in [-0.39, 0.29) is 22.5 Å². The first-order valence-electron chi connectivity index (χ1n) is 4.36. The number of halogens is 2. The third-order valence-corrected chi connectivity index (χ3v) is 2.21. The number of hydrogen-bond acceptors (Lipinski definition) is 4. The maximum Gasteiger partial charge on any atom is 0.196 e. The van der Waals surface area contributed by atoms with Crippen molar-refractivity contribution in [2.45, 2.75) is 0 Å². The van der Waals surface area contributed by atoms with Crippen LogP contribution in [0.4, 0.5) is 10.2 Å². The molecule has 6 heteroatoms. The Morgan fingerprint density at radius 1 is 1.31 bits per heavy atom. The van der Waals surface area contributed by atoms with E-state index in [0.717, 1.165) is 0 Å². The van der Waals surface area contributed by atoms with Crippen molar-refractivity contribution in [3.05, 3.63) is 35.2 Å². The Bertz CT molecular complexity index is 524. The van der Waals surface area contributed by atoms with E-state index in [2.05, 4.69) is 9.97 Å². The van der Waals surface area contributed by atoms with Crippen LogP contribution in [0.25, 0.3) is 11.4 Å². The fourth-order valence-corrected chi connectivity index (χ4v) is 1.38. The lowest BCUT2D eigenvalue weighted by Gasteiger charge is -2.04. The van der Waals surface area contributed by atoms with Gasteiger partial charge in [0.1, 0.15) is 5.82 Å². The molecule has 2 rings (SSSR count). The molecule has 0 bridgehead atoms. The van der Waals surface area contributed by atoms with Crippen LogP contribution >= 0.6 is 11.6 Å². The van der Waals surface area contributed by atoms with Gasteiger partial charge in [-0.3, -0.25) is 0 Å². The van der Waals surface area contributed by atoms with Crippen molar-refractivity contribution < 1.29 is 9.50 Å². The van der Waals surface area contributed by atoms with Crippen molar-refractivity contribution in [3.8, 4) is 17.1 Å². The smallest absolute Gasteiger partial charge is 0.196 e. The topological polar surface area (TPSA) is 72.0 Å². The molecule has 0 aliphatic rings. The predicted molar refractivity (Wildman–Crippen MR) is 58.5 cm³/mol. The summed E-state index contributed by atoms with van der Waals surface area (Å²) in [4.78, 5) is 7.61. The molecular weight excluding hydrogens is 233 g/mol. The summed E-state index contributed by atoms with van der Waals surface area (Å²) in [5.74, 6) is -0.759. The summed E-state index contributed by atoms with van der Waals surface area (Å²) < 4.78 is 13.0. The average molecular weight is 240 g/mol. The van der Waals surface area contributed by atoms with Crippen LogP contribution in [0, 0.1) is 5.82 Å². The largest absolute Gasteiger partial charge is 0.502 e. The minimum Gasteiger partial charge on any atom is -0.502 e. The first-order chi connectivity index (χ1) is 7.58. The van der Waals surface area contributed by atoms with Crippen LogP contribution in [0.15, 0.2) is 24.3 Å². The minimum absolute atomic E-state index is 0.140. The number of benzene rings is 1. The Morgan fingerprint density at radius 2 is 2.06 bits per heavy atom. The molecule has 0 unspecified atom stereocenters. The van der Waals surface area contributed by atoms with Crippen LogP contribution in [0.1, 0.15) is 0 Å². The third kappa shape index (κ3) is 1.90. The highest BCUT2D eigenvalue weighted by Crippen LogP contribution is 2.29. The molecule has 1 aromatic carbocycles. The Kier molecular flexibility index (Phi) is 2.62. The maximum atomic E-state index is 13.0. The predicted octanol–water partition coefficient (Wildman–Crippen LogP) is 2.22.